The first kappa shape index (κ1) is 18.4. The Labute approximate surface area is 170 Å². The summed E-state index contributed by atoms with van der Waals surface area (Å²) in [7, 11) is 0. The van der Waals surface area contributed by atoms with Gasteiger partial charge in [0, 0.05) is 31.2 Å². The van der Waals surface area contributed by atoms with Crippen LogP contribution in [0.2, 0.25) is 0 Å². The lowest BCUT2D eigenvalue weighted by molar-refractivity contribution is -0.611. The number of pyridine rings is 1. The lowest BCUT2D eigenvalue weighted by Gasteiger charge is -2.12. The van der Waals surface area contributed by atoms with E-state index in [0.717, 1.165) is 10.3 Å². The summed E-state index contributed by atoms with van der Waals surface area (Å²) in [5, 5.41) is 30.3. The Morgan fingerprint density at radius 1 is 1.30 bits per heavy atom. The molecule has 0 radical (unpaired) electrons. The molecule has 0 amide bonds. The lowest BCUT2D eigenvalue weighted by atomic mass is 9.98. The van der Waals surface area contributed by atoms with Gasteiger partial charge in [-0.3, -0.25) is 4.40 Å². The molecule has 1 aliphatic rings. The number of aryl methyl sites for hydroxylation is 1. The summed E-state index contributed by atoms with van der Waals surface area (Å²) in [6, 6.07) is 6.40. The van der Waals surface area contributed by atoms with E-state index >= 15 is 0 Å². The molecule has 1 atom stereocenters. The van der Waals surface area contributed by atoms with Crippen LogP contribution in [0.3, 0.4) is 0 Å². The number of hydrogen-bond acceptors (Lipinski definition) is 6. The zero-order valence-electron chi connectivity index (χ0n) is 16.1. The molecular weight excluding hydrogens is 389 g/mol. The van der Waals surface area contributed by atoms with Crippen LogP contribution in [0, 0.1) is 17.9 Å². The Balaban J connectivity index is 1.52. The first-order valence-electron chi connectivity index (χ1n) is 9.53. The summed E-state index contributed by atoms with van der Waals surface area (Å²) in [5.74, 6) is 0.782. The highest BCUT2D eigenvalue weighted by molar-refractivity contribution is 5.77. The molecule has 9 heteroatoms. The topological polar surface area (TPSA) is 99.5 Å². The average Bonchev–Trinajstić information content (AvgIpc) is 3.37. The van der Waals surface area contributed by atoms with Crippen LogP contribution in [-0.2, 0) is 12.8 Å². The summed E-state index contributed by atoms with van der Waals surface area (Å²) in [6.45, 7) is 1.86. The Morgan fingerprint density at radius 2 is 2.17 bits per heavy atom. The Kier molecular flexibility index (Phi) is 4.32. The van der Waals surface area contributed by atoms with Gasteiger partial charge in [0.15, 0.2) is 17.5 Å². The van der Waals surface area contributed by atoms with E-state index in [2.05, 4.69) is 15.2 Å². The minimum Gasteiger partial charge on any atom is -0.618 e. The molecule has 0 bridgehead atoms. The fourth-order valence-corrected chi connectivity index (χ4v) is 3.95. The second-order valence-electron chi connectivity index (χ2n) is 7.21. The van der Waals surface area contributed by atoms with E-state index in [1.807, 2.05) is 6.07 Å². The molecule has 0 fully saturated rings. The van der Waals surface area contributed by atoms with Crippen molar-refractivity contribution in [3.63, 3.8) is 0 Å². The molecule has 1 aliphatic heterocycles. The smallest absolute Gasteiger partial charge is 0.197 e. The molecule has 3 aromatic heterocycles. The van der Waals surface area contributed by atoms with Gasteiger partial charge in [-0.15, -0.1) is 10.2 Å². The highest BCUT2D eigenvalue weighted by Crippen LogP contribution is 2.37. The second-order valence-corrected chi connectivity index (χ2v) is 7.21. The van der Waals surface area contributed by atoms with E-state index in [1.54, 1.807) is 36.0 Å². The van der Waals surface area contributed by atoms with Gasteiger partial charge in [-0.25, -0.2) is 9.37 Å². The van der Waals surface area contributed by atoms with Crippen molar-refractivity contribution in [2.24, 2.45) is 0 Å². The third-order valence-corrected chi connectivity index (χ3v) is 5.49. The molecule has 0 saturated heterocycles. The molecule has 8 nitrogen and oxygen atoms in total. The Morgan fingerprint density at radius 3 is 3.03 bits per heavy atom. The van der Waals surface area contributed by atoms with Gasteiger partial charge >= 0.3 is 0 Å². The predicted octanol–water partition coefficient (Wildman–Crippen LogP) is 2.08. The third kappa shape index (κ3) is 2.86. The maximum atomic E-state index is 14.5. The van der Waals surface area contributed by atoms with Gasteiger partial charge in [0.25, 0.3) is 0 Å². The number of rotatable bonds is 4. The molecule has 0 aliphatic carbocycles. The molecule has 30 heavy (non-hydrogen) atoms. The fourth-order valence-electron chi connectivity index (χ4n) is 3.95. The molecule has 152 valence electrons. The van der Waals surface area contributed by atoms with Gasteiger partial charge in [-0.1, -0.05) is 0 Å². The summed E-state index contributed by atoms with van der Waals surface area (Å²) in [5.41, 5.74) is 3.44. The van der Waals surface area contributed by atoms with E-state index in [-0.39, 0.29) is 12.4 Å². The van der Waals surface area contributed by atoms with Crippen LogP contribution in [0.4, 0.5) is 4.39 Å². The molecular formula is C21H18FN5O3. The maximum Gasteiger partial charge on any atom is 0.197 e. The van der Waals surface area contributed by atoms with E-state index < -0.39 is 6.10 Å². The number of benzene rings is 1. The number of hydrogen-bond donors (Lipinski definition) is 1. The normalized spacial score (nSPS) is 15.4. The van der Waals surface area contributed by atoms with Crippen molar-refractivity contribution in [3.8, 4) is 16.9 Å². The lowest BCUT2D eigenvalue weighted by Crippen LogP contribution is -2.29. The maximum absolute atomic E-state index is 14.5. The average molecular weight is 407 g/mol. The molecule has 4 heterocycles. The number of aliphatic hydroxyl groups is 1. The number of halogens is 1. The van der Waals surface area contributed by atoms with Crippen LogP contribution in [0.15, 0.2) is 43.0 Å². The van der Waals surface area contributed by atoms with Crippen LogP contribution >= 0.6 is 0 Å². The summed E-state index contributed by atoms with van der Waals surface area (Å²) in [6.07, 6.45) is 4.55. The summed E-state index contributed by atoms with van der Waals surface area (Å²) >= 11 is 0. The number of aromatic nitrogens is 5. The van der Waals surface area contributed by atoms with Crippen LogP contribution in [0.5, 0.6) is 5.75 Å². The molecule has 4 aromatic rings. The largest absolute Gasteiger partial charge is 0.618 e. The van der Waals surface area contributed by atoms with Gasteiger partial charge in [-0.2, -0.15) is 4.73 Å². The summed E-state index contributed by atoms with van der Waals surface area (Å²) in [4.78, 5) is 4.54. The highest BCUT2D eigenvalue weighted by atomic mass is 19.1. The minimum absolute atomic E-state index is 0.130. The first-order valence-corrected chi connectivity index (χ1v) is 9.53. The monoisotopic (exact) mass is 407 g/mol. The standard InChI is InChI=1S/C21H18FN5O3/c1-12-13(3-2-8-27(12)29)15-9-23-19(26-11-24-25-21(15)26)7-4-14-16(22)5-6-18-20(14)17(28)10-30-18/h2-3,5-6,8-9,11,17,28H,4,7,10H2,1H3. The predicted molar refractivity (Wildman–Crippen MR) is 104 cm³/mol. The third-order valence-electron chi connectivity index (χ3n) is 5.49. The van der Waals surface area contributed by atoms with Crippen LogP contribution in [0.25, 0.3) is 16.8 Å². The Bertz CT molecular complexity index is 1270. The van der Waals surface area contributed by atoms with Crippen molar-refractivity contribution in [2.75, 3.05) is 6.61 Å². The van der Waals surface area contributed by atoms with Gasteiger partial charge in [0.2, 0.25) is 0 Å². The van der Waals surface area contributed by atoms with Gasteiger partial charge in [0.05, 0.1) is 11.1 Å². The SMILES string of the molecule is Cc1c(-c2cnc(CCc3c(F)ccc4c3C(O)CO4)n3cnnc23)ccc[n+]1[O-]. The zero-order valence-corrected chi connectivity index (χ0v) is 16.1. The minimum atomic E-state index is -0.837. The van der Waals surface area contributed by atoms with Gasteiger partial charge < -0.3 is 15.1 Å². The molecule has 1 unspecified atom stereocenters. The first-order chi connectivity index (χ1) is 14.5. The highest BCUT2D eigenvalue weighted by Gasteiger charge is 2.27. The molecule has 1 N–H and O–H groups in total. The molecule has 5 rings (SSSR count). The van der Waals surface area contributed by atoms with E-state index in [1.165, 1.54) is 12.3 Å². The summed E-state index contributed by atoms with van der Waals surface area (Å²) < 4.78 is 22.4. The number of aliphatic hydroxyl groups excluding tert-OH is 1. The quantitative estimate of drug-likeness (QED) is 0.411. The van der Waals surface area contributed by atoms with Crippen LogP contribution in [-0.4, -0.2) is 31.3 Å². The van der Waals surface area contributed by atoms with Crippen molar-refractivity contribution in [2.45, 2.75) is 25.9 Å². The van der Waals surface area contributed by atoms with Crippen molar-refractivity contribution < 1.29 is 19.0 Å². The van der Waals surface area contributed by atoms with Crippen LogP contribution in [0.1, 0.15) is 28.7 Å². The van der Waals surface area contributed by atoms with Gasteiger partial charge in [-0.05, 0) is 30.2 Å². The van der Waals surface area contributed by atoms with E-state index in [4.69, 9.17) is 4.74 Å². The van der Waals surface area contributed by atoms with Crippen molar-refractivity contribution in [1.82, 2.24) is 19.6 Å². The molecule has 0 spiro atoms. The molecule has 1 aromatic carbocycles. The fraction of sp³-hybridized carbons (Fsp3) is 0.238. The zero-order chi connectivity index (χ0) is 20.8. The molecule has 0 saturated carbocycles. The van der Waals surface area contributed by atoms with E-state index in [0.29, 0.717) is 52.4 Å². The van der Waals surface area contributed by atoms with Gasteiger partial charge in [0.1, 0.15) is 36.4 Å². The van der Waals surface area contributed by atoms with E-state index in [9.17, 15) is 14.7 Å². The number of nitrogens with zero attached hydrogens (tertiary/aromatic N) is 5. The van der Waals surface area contributed by atoms with Crippen LogP contribution < -0.4 is 9.47 Å². The van der Waals surface area contributed by atoms with Crippen molar-refractivity contribution in [3.05, 3.63) is 76.7 Å². The Hall–Kier alpha value is -3.59. The van der Waals surface area contributed by atoms with Crippen molar-refractivity contribution >= 4 is 5.65 Å². The number of fused-ring (bicyclic) bond motifs is 2. The second kappa shape index (κ2) is 7.03. The van der Waals surface area contributed by atoms with Crippen molar-refractivity contribution in [1.29, 1.82) is 0 Å². The number of ether oxygens (including phenoxy) is 1.